The summed E-state index contributed by atoms with van der Waals surface area (Å²) in [5, 5.41) is 5.47. The second-order valence-electron chi connectivity index (χ2n) is 7.00. The molecule has 2 aromatic rings. The zero-order valence-electron chi connectivity index (χ0n) is 16.7. The van der Waals surface area contributed by atoms with Crippen LogP contribution in [-0.4, -0.2) is 30.4 Å². The van der Waals surface area contributed by atoms with E-state index in [0.29, 0.717) is 17.7 Å². The van der Waals surface area contributed by atoms with Gasteiger partial charge in [0, 0.05) is 18.2 Å². The molecule has 6 heteroatoms. The van der Waals surface area contributed by atoms with Gasteiger partial charge in [0.2, 0.25) is 5.78 Å². The summed E-state index contributed by atoms with van der Waals surface area (Å²) in [6.07, 6.45) is 0. The van der Waals surface area contributed by atoms with Crippen LogP contribution in [0.5, 0.6) is 0 Å². The molecule has 0 aliphatic carbocycles. The van der Waals surface area contributed by atoms with Crippen LogP contribution in [0.25, 0.3) is 0 Å². The molecule has 2 rings (SSSR count). The maximum absolute atomic E-state index is 12.3. The van der Waals surface area contributed by atoms with E-state index in [1.54, 1.807) is 30.3 Å². The summed E-state index contributed by atoms with van der Waals surface area (Å²) in [6.45, 7) is 7.56. The van der Waals surface area contributed by atoms with Crippen molar-refractivity contribution >= 4 is 17.8 Å². The number of amides is 2. The minimum atomic E-state index is -0.560. The Morgan fingerprint density at radius 1 is 1.00 bits per heavy atom. The third-order valence-electron chi connectivity index (χ3n) is 4.09. The van der Waals surface area contributed by atoms with Crippen molar-refractivity contribution in [3.05, 3.63) is 70.3 Å². The van der Waals surface area contributed by atoms with Crippen LogP contribution >= 0.6 is 0 Å². The summed E-state index contributed by atoms with van der Waals surface area (Å²) < 4.78 is 5.15. The van der Waals surface area contributed by atoms with Crippen molar-refractivity contribution in [3.63, 3.8) is 0 Å². The molecule has 0 unspecified atom stereocenters. The number of ketones is 1. The molecule has 2 aromatic carbocycles. The average Bonchev–Trinajstić information content (AvgIpc) is 2.66. The van der Waals surface area contributed by atoms with Crippen molar-refractivity contribution in [1.29, 1.82) is 0 Å². The summed E-state index contributed by atoms with van der Waals surface area (Å²) in [5.41, 5.74) is 3.59. The lowest BCUT2D eigenvalue weighted by molar-refractivity contribution is 0.0474. The predicted molar refractivity (Wildman–Crippen MR) is 107 cm³/mol. The number of hydrogen-bond donors (Lipinski definition) is 2. The number of urea groups is 1. The zero-order valence-corrected chi connectivity index (χ0v) is 16.7. The van der Waals surface area contributed by atoms with Gasteiger partial charge in [0.1, 0.15) is 0 Å². The molecule has 0 saturated carbocycles. The SMILES string of the molecule is Cc1ccc(C)c(C(=O)COC(=O)c2ccc(CNC(=O)NC(C)C)cc2)c1. The summed E-state index contributed by atoms with van der Waals surface area (Å²) in [4.78, 5) is 36.1. The smallest absolute Gasteiger partial charge is 0.338 e. The maximum Gasteiger partial charge on any atom is 0.338 e. The van der Waals surface area contributed by atoms with Crippen LogP contribution in [-0.2, 0) is 11.3 Å². The van der Waals surface area contributed by atoms with Crippen LogP contribution < -0.4 is 10.6 Å². The van der Waals surface area contributed by atoms with E-state index in [1.165, 1.54) is 0 Å². The second-order valence-corrected chi connectivity index (χ2v) is 7.00. The van der Waals surface area contributed by atoms with Gasteiger partial charge < -0.3 is 15.4 Å². The fourth-order valence-electron chi connectivity index (χ4n) is 2.58. The molecule has 0 radical (unpaired) electrons. The number of nitrogens with one attached hydrogen (secondary N) is 2. The zero-order chi connectivity index (χ0) is 20.7. The molecule has 0 aromatic heterocycles. The summed E-state index contributed by atoms with van der Waals surface area (Å²) in [5.74, 6) is -0.790. The molecule has 2 amide bonds. The monoisotopic (exact) mass is 382 g/mol. The van der Waals surface area contributed by atoms with Gasteiger partial charge in [-0.15, -0.1) is 0 Å². The van der Waals surface area contributed by atoms with Gasteiger partial charge in [-0.05, 0) is 57.0 Å². The van der Waals surface area contributed by atoms with E-state index in [9.17, 15) is 14.4 Å². The van der Waals surface area contributed by atoms with Gasteiger partial charge in [-0.2, -0.15) is 0 Å². The van der Waals surface area contributed by atoms with Crippen molar-refractivity contribution in [2.75, 3.05) is 6.61 Å². The van der Waals surface area contributed by atoms with Gasteiger partial charge in [0.25, 0.3) is 0 Å². The first kappa shape index (κ1) is 21.2. The Labute approximate surface area is 165 Å². The van der Waals surface area contributed by atoms with Crippen LogP contribution in [0, 0.1) is 13.8 Å². The van der Waals surface area contributed by atoms with Crippen LogP contribution in [0.3, 0.4) is 0 Å². The third-order valence-corrected chi connectivity index (χ3v) is 4.09. The third kappa shape index (κ3) is 6.23. The van der Waals surface area contributed by atoms with Crippen molar-refractivity contribution in [2.45, 2.75) is 40.3 Å². The second kappa shape index (κ2) is 9.69. The van der Waals surface area contributed by atoms with E-state index in [1.807, 2.05) is 39.8 Å². The molecule has 6 nitrogen and oxygen atoms in total. The van der Waals surface area contributed by atoms with Crippen LogP contribution in [0.1, 0.15) is 51.3 Å². The molecule has 0 atom stereocenters. The minimum Gasteiger partial charge on any atom is -0.454 e. The van der Waals surface area contributed by atoms with Gasteiger partial charge in [-0.1, -0.05) is 29.8 Å². The molecular formula is C22H26N2O4. The van der Waals surface area contributed by atoms with Gasteiger partial charge in [0.05, 0.1) is 5.56 Å². The normalized spacial score (nSPS) is 10.5. The summed E-state index contributed by atoms with van der Waals surface area (Å²) in [6, 6.07) is 12.1. The molecule has 0 fully saturated rings. The Bertz CT molecular complexity index is 857. The number of Topliss-reactive ketones (excluding diaryl/α,β-unsaturated/α-hetero) is 1. The Morgan fingerprint density at radius 2 is 1.68 bits per heavy atom. The Hall–Kier alpha value is -3.15. The highest BCUT2D eigenvalue weighted by Gasteiger charge is 2.14. The number of hydrogen-bond acceptors (Lipinski definition) is 4. The van der Waals surface area contributed by atoms with Crippen molar-refractivity contribution < 1.29 is 19.1 Å². The largest absolute Gasteiger partial charge is 0.454 e. The van der Waals surface area contributed by atoms with Gasteiger partial charge in [-0.25, -0.2) is 9.59 Å². The standard InChI is InChI=1S/C22H26N2O4/c1-14(2)24-22(27)23-12-17-7-9-18(10-8-17)21(26)28-13-20(25)19-11-15(3)5-6-16(19)4/h5-11,14H,12-13H2,1-4H3,(H2,23,24,27). The molecule has 28 heavy (non-hydrogen) atoms. The van der Waals surface area contributed by atoms with Gasteiger partial charge >= 0.3 is 12.0 Å². The number of ether oxygens (including phenoxy) is 1. The van der Waals surface area contributed by atoms with Gasteiger partial charge in [0.15, 0.2) is 6.61 Å². The topological polar surface area (TPSA) is 84.5 Å². The van der Waals surface area contributed by atoms with Crippen LogP contribution in [0.2, 0.25) is 0 Å². The molecule has 0 aliphatic heterocycles. The molecule has 148 valence electrons. The quantitative estimate of drug-likeness (QED) is 0.566. The molecule has 0 spiro atoms. The Kier molecular flexibility index (Phi) is 7.32. The highest BCUT2D eigenvalue weighted by Crippen LogP contribution is 2.12. The van der Waals surface area contributed by atoms with Crippen molar-refractivity contribution in [1.82, 2.24) is 10.6 Å². The number of esters is 1. The van der Waals surface area contributed by atoms with Crippen molar-refractivity contribution in [2.24, 2.45) is 0 Å². The van der Waals surface area contributed by atoms with E-state index >= 15 is 0 Å². The minimum absolute atomic E-state index is 0.0587. The first-order chi connectivity index (χ1) is 13.3. The molecule has 0 bridgehead atoms. The molecule has 0 saturated heterocycles. The lowest BCUT2D eigenvalue weighted by Crippen LogP contribution is -2.39. The van der Waals surface area contributed by atoms with E-state index in [4.69, 9.17) is 4.74 Å². The fraction of sp³-hybridized carbons (Fsp3) is 0.318. The van der Waals surface area contributed by atoms with E-state index in [-0.39, 0.29) is 24.5 Å². The maximum atomic E-state index is 12.3. The van der Waals surface area contributed by atoms with Crippen LogP contribution in [0.4, 0.5) is 4.79 Å². The average molecular weight is 382 g/mol. The molecule has 0 aliphatic rings. The molecular weight excluding hydrogens is 356 g/mol. The van der Waals surface area contributed by atoms with Crippen LogP contribution in [0.15, 0.2) is 42.5 Å². The molecule has 0 heterocycles. The predicted octanol–water partition coefficient (Wildman–Crippen LogP) is 3.55. The first-order valence-corrected chi connectivity index (χ1v) is 9.17. The highest BCUT2D eigenvalue weighted by molar-refractivity contribution is 6.00. The fourth-order valence-corrected chi connectivity index (χ4v) is 2.58. The van der Waals surface area contributed by atoms with E-state index in [0.717, 1.165) is 16.7 Å². The van der Waals surface area contributed by atoms with Crippen molar-refractivity contribution in [3.8, 4) is 0 Å². The number of benzene rings is 2. The number of carbonyl (C=O) groups excluding carboxylic acids is 3. The number of rotatable bonds is 7. The first-order valence-electron chi connectivity index (χ1n) is 9.17. The lowest BCUT2D eigenvalue weighted by atomic mass is 10.0. The van der Waals surface area contributed by atoms with Gasteiger partial charge in [-0.3, -0.25) is 4.79 Å². The Morgan fingerprint density at radius 3 is 2.32 bits per heavy atom. The number of aryl methyl sites for hydroxylation is 2. The van der Waals surface area contributed by atoms with E-state index in [2.05, 4.69) is 10.6 Å². The molecule has 2 N–H and O–H groups in total. The van der Waals surface area contributed by atoms with E-state index < -0.39 is 5.97 Å². The summed E-state index contributed by atoms with van der Waals surface area (Å²) in [7, 11) is 0. The number of carbonyl (C=O) groups is 3. The highest BCUT2D eigenvalue weighted by atomic mass is 16.5. The summed E-state index contributed by atoms with van der Waals surface area (Å²) >= 11 is 0. The lowest BCUT2D eigenvalue weighted by Gasteiger charge is -2.10. The Balaban J connectivity index is 1.88.